The van der Waals surface area contributed by atoms with E-state index in [1.807, 2.05) is 18.2 Å². The number of ether oxygens (including phenoxy) is 1. The number of aromatic hydroxyl groups is 1. The molecule has 4 aromatic rings. The molecule has 154 valence electrons. The van der Waals surface area contributed by atoms with Crippen LogP contribution in [0, 0.1) is 0 Å². The maximum absolute atomic E-state index is 9.91. The Hall–Kier alpha value is -3.20. The first-order chi connectivity index (χ1) is 14.6. The number of unbranched alkanes of at least 4 members (excludes halogenated alkanes) is 1. The molecule has 0 spiro atoms. The highest BCUT2D eigenvalue weighted by Crippen LogP contribution is 2.34. The van der Waals surface area contributed by atoms with E-state index in [4.69, 9.17) is 4.74 Å². The van der Waals surface area contributed by atoms with Crippen LogP contribution >= 0.6 is 15.9 Å². The van der Waals surface area contributed by atoms with E-state index in [1.54, 1.807) is 18.3 Å². The molecule has 2 aromatic heterocycles. The van der Waals surface area contributed by atoms with Crippen molar-refractivity contribution in [2.24, 2.45) is 5.10 Å². The molecule has 0 bridgehead atoms. The first-order valence-corrected chi connectivity index (χ1v) is 10.4. The number of halogens is 1. The average molecular weight is 469 g/mol. The highest BCUT2D eigenvalue weighted by atomic mass is 79.9. The molecular weight excluding hydrogens is 448 g/mol. The summed E-state index contributed by atoms with van der Waals surface area (Å²) in [4.78, 5) is 4.65. The lowest BCUT2D eigenvalue weighted by atomic mass is 10.2. The smallest absolute Gasteiger partial charge is 0.265 e. The number of phenols is 1. The number of rotatable bonds is 7. The van der Waals surface area contributed by atoms with Gasteiger partial charge in [0, 0.05) is 11.9 Å². The Morgan fingerprint density at radius 1 is 1.27 bits per heavy atom. The highest BCUT2D eigenvalue weighted by Gasteiger charge is 2.14. The molecule has 2 aromatic carbocycles. The summed E-state index contributed by atoms with van der Waals surface area (Å²) in [5, 5.41) is 23.7. The lowest BCUT2D eigenvalue weighted by molar-refractivity contribution is 0.372. The van der Waals surface area contributed by atoms with Crippen LogP contribution in [0.5, 0.6) is 11.5 Å². The average Bonchev–Trinajstić information content (AvgIpc) is 3.07. The SMILES string of the molecule is CCCCn1c2ccccc2c2nnc(N/N=C/c3cc(Br)c(O)c(OC)c3)nc21. The van der Waals surface area contributed by atoms with Gasteiger partial charge in [-0.25, -0.2) is 5.43 Å². The summed E-state index contributed by atoms with van der Waals surface area (Å²) in [5.41, 5.74) is 6.23. The van der Waals surface area contributed by atoms with Gasteiger partial charge in [-0.2, -0.15) is 10.1 Å². The van der Waals surface area contributed by atoms with Crippen molar-refractivity contribution in [3.63, 3.8) is 0 Å². The molecule has 0 saturated carbocycles. The Morgan fingerprint density at radius 2 is 2.10 bits per heavy atom. The Kier molecular flexibility index (Phi) is 5.80. The topological polar surface area (TPSA) is 97.5 Å². The second kappa shape index (κ2) is 8.66. The summed E-state index contributed by atoms with van der Waals surface area (Å²) in [7, 11) is 1.49. The summed E-state index contributed by atoms with van der Waals surface area (Å²) in [6, 6.07) is 11.5. The van der Waals surface area contributed by atoms with Crippen LogP contribution in [0.15, 0.2) is 46.0 Å². The first-order valence-electron chi connectivity index (χ1n) is 9.59. The van der Waals surface area contributed by atoms with Crippen LogP contribution in [0.1, 0.15) is 25.3 Å². The Morgan fingerprint density at radius 3 is 2.90 bits per heavy atom. The largest absolute Gasteiger partial charge is 0.503 e. The lowest BCUT2D eigenvalue weighted by Gasteiger charge is -2.06. The van der Waals surface area contributed by atoms with E-state index in [9.17, 15) is 5.11 Å². The van der Waals surface area contributed by atoms with Gasteiger partial charge in [-0.05, 0) is 46.1 Å². The molecule has 0 unspecified atom stereocenters. The molecule has 2 heterocycles. The standard InChI is InChI=1S/C21H21BrN6O2/c1-3-4-9-28-16-8-6-5-7-14(16)18-20(28)24-21(27-25-18)26-23-12-13-10-15(22)19(29)17(11-13)30-2/h5-8,10-12,29H,3-4,9H2,1-2H3,(H,24,26,27)/b23-12+. The van der Waals surface area contributed by atoms with Crippen LogP contribution in [0.25, 0.3) is 22.1 Å². The monoisotopic (exact) mass is 468 g/mol. The summed E-state index contributed by atoms with van der Waals surface area (Å²) < 4.78 is 7.85. The van der Waals surface area contributed by atoms with Crippen molar-refractivity contribution in [3.8, 4) is 11.5 Å². The third-order valence-electron chi connectivity index (χ3n) is 4.76. The van der Waals surface area contributed by atoms with Crippen molar-refractivity contribution >= 4 is 50.2 Å². The van der Waals surface area contributed by atoms with E-state index < -0.39 is 0 Å². The number of anilines is 1. The van der Waals surface area contributed by atoms with Crippen molar-refractivity contribution < 1.29 is 9.84 Å². The van der Waals surface area contributed by atoms with Crippen molar-refractivity contribution in [2.75, 3.05) is 12.5 Å². The van der Waals surface area contributed by atoms with E-state index in [-0.39, 0.29) is 5.75 Å². The van der Waals surface area contributed by atoms with Gasteiger partial charge in [-0.3, -0.25) is 0 Å². The van der Waals surface area contributed by atoms with E-state index in [0.29, 0.717) is 16.2 Å². The molecule has 0 radical (unpaired) electrons. The number of aryl methyl sites for hydroxylation is 1. The van der Waals surface area contributed by atoms with E-state index in [1.165, 1.54) is 7.11 Å². The number of hydrogen-bond acceptors (Lipinski definition) is 7. The fourth-order valence-corrected chi connectivity index (χ4v) is 3.74. The van der Waals surface area contributed by atoms with Gasteiger partial charge in [0.05, 0.1) is 23.3 Å². The molecule has 4 rings (SSSR count). The Bertz CT molecular complexity index is 1240. The number of hydrogen-bond donors (Lipinski definition) is 2. The zero-order valence-corrected chi connectivity index (χ0v) is 18.2. The van der Waals surface area contributed by atoms with Gasteiger partial charge in [0.25, 0.3) is 5.95 Å². The zero-order valence-electron chi connectivity index (χ0n) is 16.6. The molecule has 8 nitrogen and oxygen atoms in total. The molecular formula is C21H21BrN6O2. The minimum Gasteiger partial charge on any atom is -0.503 e. The second-order valence-corrected chi connectivity index (χ2v) is 7.61. The number of methoxy groups -OCH3 is 1. The maximum atomic E-state index is 9.91. The number of nitrogens with zero attached hydrogens (tertiary/aromatic N) is 5. The van der Waals surface area contributed by atoms with Gasteiger partial charge in [-0.1, -0.05) is 31.5 Å². The van der Waals surface area contributed by atoms with Gasteiger partial charge in [0.2, 0.25) is 0 Å². The van der Waals surface area contributed by atoms with Crippen LogP contribution in [0.4, 0.5) is 5.95 Å². The molecule has 0 amide bonds. The van der Waals surface area contributed by atoms with Gasteiger partial charge >= 0.3 is 0 Å². The maximum Gasteiger partial charge on any atom is 0.265 e. The summed E-state index contributed by atoms with van der Waals surface area (Å²) in [6.45, 7) is 3.03. The van der Waals surface area contributed by atoms with Gasteiger partial charge in [0.1, 0.15) is 5.52 Å². The first kappa shape index (κ1) is 20.1. The fraction of sp³-hybridized carbons (Fsp3) is 0.238. The van der Waals surface area contributed by atoms with Crippen molar-refractivity contribution in [1.29, 1.82) is 0 Å². The number of nitrogens with one attached hydrogen (secondary N) is 1. The molecule has 9 heteroatoms. The Labute approximate surface area is 181 Å². The quantitative estimate of drug-likeness (QED) is 0.301. The van der Waals surface area contributed by atoms with E-state index in [2.05, 4.69) is 59.2 Å². The normalized spacial score (nSPS) is 11.6. The van der Waals surface area contributed by atoms with E-state index in [0.717, 1.165) is 47.0 Å². The predicted octanol–water partition coefficient (Wildman–Crippen LogP) is 4.70. The number of para-hydroxylation sites is 1. The third kappa shape index (κ3) is 3.80. The van der Waals surface area contributed by atoms with Crippen LogP contribution in [0.2, 0.25) is 0 Å². The van der Waals surface area contributed by atoms with Crippen molar-refractivity contribution in [2.45, 2.75) is 26.3 Å². The molecule has 0 aliphatic carbocycles. The molecule has 0 saturated heterocycles. The number of benzene rings is 2. The Balaban J connectivity index is 1.65. The van der Waals surface area contributed by atoms with Gasteiger partial charge < -0.3 is 14.4 Å². The summed E-state index contributed by atoms with van der Waals surface area (Å²) in [5.74, 6) is 0.704. The predicted molar refractivity (Wildman–Crippen MR) is 121 cm³/mol. The van der Waals surface area contributed by atoms with Crippen LogP contribution in [-0.2, 0) is 6.54 Å². The number of fused-ring (bicyclic) bond motifs is 3. The second-order valence-electron chi connectivity index (χ2n) is 6.75. The fourth-order valence-electron chi connectivity index (χ4n) is 3.28. The zero-order chi connectivity index (χ0) is 21.1. The third-order valence-corrected chi connectivity index (χ3v) is 5.36. The molecule has 0 aliphatic heterocycles. The minimum atomic E-state index is 0.0421. The van der Waals surface area contributed by atoms with Gasteiger partial charge in [-0.15, -0.1) is 10.2 Å². The van der Waals surface area contributed by atoms with Crippen LogP contribution in [-0.4, -0.2) is 38.2 Å². The van der Waals surface area contributed by atoms with Crippen molar-refractivity contribution in [3.05, 3.63) is 46.4 Å². The number of aromatic nitrogens is 4. The highest BCUT2D eigenvalue weighted by molar-refractivity contribution is 9.10. The van der Waals surface area contributed by atoms with Crippen LogP contribution < -0.4 is 10.2 Å². The van der Waals surface area contributed by atoms with E-state index >= 15 is 0 Å². The lowest BCUT2D eigenvalue weighted by Crippen LogP contribution is -2.03. The number of hydrazone groups is 1. The molecule has 0 fully saturated rings. The number of phenolic OH excluding ortho intramolecular Hbond substituents is 1. The minimum absolute atomic E-state index is 0.0421. The summed E-state index contributed by atoms with van der Waals surface area (Å²) >= 11 is 3.30. The van der Waals surface area contributed by atoms with Crippen LogP contribution in [0.3, 0.4) is 0 Å². The molecule has 0 aliphatic rings. The van der Waals surface area contributed by atoms with Crippen molar-refractivity contribution in [1.82, 2.24) is 19.7 Å². The van der Waals surface area contributed by atoms with Gasteiger partial charge in [0.15, 0.2) is 17.1 Å². The summed E-state index contributed by atoms with van der Waals surface area (Å²) in [6.07, 6.45) is 3.73. The molecule has 2 N–H and O–H groups in total. The molecule has 0 atom stereocenters. The molecule has 30 heavy (non-hydrogen) atoms.